The number of benzene rings is 1. The summed E-state index contributed by atoms with van der Waals surface area (Å²) in [6.07, 6.45) is 7.58. The van der Waals surface area contributed by atoms with Gasteiger partial charge in [-0.1, -0.05) is 0 Å². The van der Waals surface area contributed by atoms with E-state index in [9.17, 15) is 0 Å². The zero-order valence-corrected chi connectivity index (χ0v) is 18.0. The molecule has 4 bridgehead atoms. The number of halogens is 1. The van der Waals surface area contributed by atoms with Crippen LogP contribution in [0.5, 0.6) is 0 Å². The van der Waals surface area contributed by atoms with Gasteiger partial charge in [0.15, 0.2) is 0 Å². The van der Waals surface area contributed by atoms with Gasteiger partial charge in [0.05, 0.1) is 0 Å². The molecule has 0 amide bonds. The summed E-state index contributed by atoms with van der Waals surface area (Å²) < 4.78 is 14.1. The fourth-order valence-electron chi connectivity index (χ4n) is 5.51. The van der Waals surface area contributed by atoms with Crippen LogP contribution in [0.3, 0.4) is 0 Å². The van der Waals surface area contributed by atoms with Gasteiger partial charge in [0.2, 0.25) is 0 Å². The van der Waals surface area contributed by atoms with Crippen LogP contribution in [0, 0.1) is 11.8 Å². The van der Waals surface area contributed by atoms with Crippen LogP contribution in [0.2, 0.25) is 0 Å². The normalized spacial score (nSPS) is 41.0. The first-order valence-corrected chi connectivity index (χ1v) is 12.2. The summed E-state index contributed by atoms with van der Waals surface area (Å²) in [5, 5.41) is 0. The Morgan fingerprint density at radius 3 is 1.96 bits per heavy atom. The average Bonchev–Trinajstić information content (AvgIpc) is 2.74. The monoisotopic (exact) mass is 451 g/mol. The summed E-state index contributed by atoms with van der Waals surface area (Å²) in [7, 11) is -0.231. The van der Waals surface area contributed by atoms with Crippen molar-refractivity contribution in [2.45, 2.75) is 78.3 Å². The molecule has 2 saturated carbocycles. The summed E-state index contributed by atoms with van der Waals surface area (Å²) in [5.41, 5.74) is 2.27. The molecule has 5 aliphatic rings. The van der Waals surface area contributed by atoms with Crippen LogP contribution in [0.25, 0.3) is 0 Å². The van der Waals surface area contributed by atoms with Crippen LogP contribution < -0.4 is 26.7 Å². The molecule has 2 aliphatic carbocycles. The summed E-state index contributed by atoms with van der Waals surface area (Å²) in [6.45, 7) is 8.50. The Morgan fingerprint density at radius 1 is 0.880 bits per heavy atom. The zero-order valence-electron chi connectivity index (χ0n) is 15.8. The summed E-state index contributed by atoms with van der Waals surface area (Å²) in [5.74, 6) is 2.04. The van der Waals surface area contributed by atoms with E-state index in [1.807, 2.05) is 0 Å². The standard InChI is InChI=1S/C21H29BIO2/c1-19(2)20(3,4)25-22(24-19)17-7-5-16(6-8-17)21-12-14-9-15(13-21)11-18(10-14)23-21/h5-8,14-15,18H,9-13H2,1-4H3/q-1. The fourth-order valence-corrected chi connectivity index (χ4v) is 11.6. The van der Waals surface area contributed by atoms with E-state index >= 15 is 0 Å². The molecule has 1 aromatic rings. The SMILES string of the molecule is CC1(C)OB(c2ccc(C34CC5CC(CC(C5)[I-]3)C4)cc2)OC1(C)C. The molecule has 0 N–H and O–H groups in total. The molecule has 0 aromatic heterocycles. The predicted molar refractivity (Wildman–Crippen MR) is 97.7 cm³/mol. The predicted octanol–water partition coefficient (Wildman–Crippen LogP) is 0.862. The maximum absolute atomic E-state index is 6.22. The Kier molecular flexibility index (Phi) is 3.74. The molecule has 3 aliphatic heterocycles. The third-order valence-corrected chi connectivity index (χ3v) is 12.0. The summed E-state index contributed by atoms with van der Waals surface area (Å²) in [6, 6.07) is 9.38. The molecule has 2 nitrogen and oxygen atoms in total. The van der Waals surface area contributed by atoms with E-state index < -0.39 is 0 Å². The van der Waals surface area contributed by atoms with Crippen LogP contribution in [0.4, 0.5) is 0 Å². The molecule has 25 heavy (non-hydrogen) atoms. The third kappa shape index (κ3) is 2.65. The molecule has 2 unspecified atom stereocenters. The van der Waals surface area contributed by atoms with E-state index in [1.54, 1.807) is 18.4 Å². The van der Waals surface area contributed by atoms with E-state index in [2.05, 4.69) is 52.0 Å². The Hall–Kier alpha value is -0.0651. The fraction of sp³-hybridized carbons (Fsp3) is 0.714. The second kappa shape index (κ2) is 5.48. The Labute approximate surface area is 162 Å². The molecule has 1 aromatic carbocycles. The Bertz CT molecular complexity index is 630. The first kappa shape index (κ1) is 17.1. The molecule has 3 saturated heterocycles. The van der Waals surface area contributed by atoms with E-state index in [4.69, 9.17) is 9.31 Å². The van der Waals surface area contributed by atoms with E-state index in [0.717, 1.165) is 15.8 Å². The molecular weight excluding hydrogens is 422 g/mol. The second-order valence-electron chi connectivity index (χ2n) is 9.73. The van der Waals surface area contributed by atoms with Crippen molar-refractivity contribution in [3.05, 3.63) is 29.8 Å². The van der Waals surface area contributed by atoms with Crippen LogP contribution in [-0.2, 0) is 12.7 Å². The van der Waals surface area contributed by atoms with Crippen LogP contribution in [-0.4, -0.2) is 22.2 Å². The molecule has 136 valence electrons. The van der Waals surface area contributed by atoms with Gasteiger partial charge in [-0.25, -0.2) is 0 Å². The van der Waals surface area contributed by atoms with Gasteiger partial charge in [0, 0.05) is 0 Å². The quantitative estimate of drug-likeness (QED) is 0.378. The van der Waals surface area contributed by atoms with Gasteiger partial charge in [-0.15, -0.1) is 0 Å². The first-order valence-electron chi connectivity index (χ1n) is 9.87. The van der Waals surface area contributed by atoms with Crippen molar-refractivity contribution in [1.82, 2.24) is 0 Å². The summed E-state index contributed by atoms with van der Waals surface area (Å²) >= 11 is 0.296. The molecule has 3 heterocycles. The van der Waals surface area contributed by atoms with E-state index in [0.29, 0.717) is 24.6 Å². The van der Waals surface area contributed by atoms with Gasteiger partial charge in [0.1, 0.15) is 0 Å². The van der Waals surface area contributed by atoms with Crippen molar-refractivity contribution in [2.24, 2.45) is 11.8 Å². The zero-order chi connectivity index (χ0) is 17.4. The second-order valence-corrected chi connectivity index (χ2v) is 14.2. The minimum absolute atomic E-state index is 0.231. The molecule has 5 fully saturated rings. The molecule has 0 radical (unpaired) electrons. The topological polar surface area (TPSA) is 18.5 Å². The molecule has 2 atom stereocenters. The average molecular weight is 451 g/mol. The number of rotatable bonds is 2. The van der Waals surface area contributed by atoms with Crippen LogP contribution >= 0.6 is 0 Å². The van der Waals surface area contributed by atoms with Crippen molar-refractivity contribution in [3.63, 3.8) is 0 Å². The van der Waals surface area contributed by atoms with Gasteiger partial charge < -0.3 is 0 Å². The Morgan fingerprint density at radius 2 is 1.44 bits per heavy atom. The Balaban J connectivity index is 1.40. The van der Waals surface area contributed by atoms with Gasteiger partial charge in [-0.3, -0.25) is 0 Å². The van der Waals surface area contributed by atoms with Crippen molar-refractivity contribution in [3.8, 4) is 0 Å². The minimum atomic E-state index is -0.262. The first-order chi connectivity index (χ1) is 11.8. The van der Waals surface area contributed by atoms with Crippen molar-refractivity contribution >= 4 is 12.6 Å². The van der Waals surface area contributed by atoms with Gasteiger partial charge in [0.25, 0.3) is 0 Å². The van der Waals surface area contributed by atoms with Crippen molar-refractivity contribution in [1.29, 1.82) is 0 Å². The van der Waals surface area contributed by atoms with E-state index in [1.165, 1.54) is 24.7 Å². The molecular formula is C21H29BIO2-. The van der Waals surface area contributed by atoms with Gasteiger partial charge >= 0.3 is 163 Å². The van der Waals surface area contributed by atoms with E-state index in [-0.39, 0.29) is 18.3 Å². The number of alkyl halides is 2. The molecule has 0 spiro atoms. The van der Waals surface area contributed by atoms with Crippen molar-refractivity contribution < 1.29 is 30.5 Å². The molecule has 6 rings (SSSR count). The number of hydrogen-bond donors (Lipinski definition) is 0. The van der Waals surface area contributed by atoms with Crippen LogP contribution in [0.15, 0.2) is 24.3 Å². The maximum atomic E-state index is 6.22. The van der Waals surface area contributed by atoms with Gasteiger partial charge in [-0.05, 0) is 0 Å². The van der Waals surface area contributed by atoms with Crippen LogP contribution in [0.1, 0.15) is 65.4 Å². The molecule has 4 heteroatoms. The number of hydrogen-bond acceptors (Lipinski definition) is 2. The summed E-state index contributed by atoms with van der Waals surface area (Å²) in [4.78, 5) is 0. The van der Waals surface area contributed by atoms with Crippen molar-refractivity contribution in [2.75, 3.05) is 0 Å². The van der Waals surface area contributed by atoms with Gasteiger partial charge in [-0.2, -0.15) is 0 Å². The third-order valence-electron chi connectivity index (χ3n) is 7.39.